The smallest absolute Gasteiger partial charge is 0.220 e. The highest BCUT2D eigenvalue weighted by atomic mass is 16.8. The van der Waals surface area contributed by atoms with E-state index in [1.54, 1.807) is 6.08 Å². The quantitative estimate of drug-likeness (QED) is 0.0199. The van der Waals surface area contributed by atoms with E-state index in [-0.39, 0.29) is 18.9 Å². The van der Waals surface area contributed by atoms with Crippen LogP contribution in [0.15, 0.2) is 36.5 Å². The van der Waals surface area contributed by atoms with Crippen LogP contribution in [-0.4, -0.2) is 193 Å². The number of hydrogen-bond acceptors (Lipinski definition) is 18. The van der Waals surface area contributed by atoms with Crippen LogP contribution in [0.3, 0.4) is 0 Å². The molecule has 3 aliphatic rings. The molecule has 0 saturated carbocycles. The minimum absolute atomic E-state index is 0.247. The molecule has 612 valence electrons. The summed E-state index contributed by atoms with van der Waals surface area (Å²) in [6.45, 7) is 1.79. The van der Waals surface area contributed by atoms with E-state index in [2.05, 4.69) is 43.5 Å². The van der Waals surface area contributed by atoms with Gasteiger partial charge < -0.3 is 89.9 Å². The van der Waals surface area contributed by atoms with Crippen molar-refractivity contribution in [1.29, 1.82) is 0 Å². The number of ether oxygens (including phenoxy) is 6. The monoisotopic (exact) mass is 1480 g/mol. The zero-order valence-electron chi connectivity index (χ0n) is 65.8. The van der Waals surface area contributed by atoms with Crippen molar-refractivity contribution in [2.24, 2.45) is 0 Å². The van der Waals surface area contributed by atoms with E-state index >= 15 is 0 Å². The second-order valence-corrected chi connectivity index (χ2v) is 31.0. The molecule has 1 amide bonds. The molecule has 3 saturated heterocycles. The van der Waals surface area contributed by atoms with Crippen molar-refractivity contribution in [3.63, 3.8) is 0 Å². The summed E-state index contributed by atoms with van der Waals surface area (Å²) in [5.74, 6) is -0.268. The number of aliphatic hydroxyl groups is 11. The number of aliphatic hydroxyl groups excluding tert-OH is 11. The molecule has 0 aromatic rings. The molecular formula is C85H159NO18. The zero-order chi connectivity index (χ0) is 75.3. The summed E-state index contributed by atoms with van der Waals surface area (Å²) < 4.78 is 34.5. The van der Waals surface area contributed by atoms with Crippen LogP contribution in [0.2, 0.25) is 0 Å². The Morgan fingerprint density at radius 3 is 0.981 bits per heavy atom. The van der Waals surface area contributed by atoms with Gasteiger partial charge in [0, 0.05) is 6.42 Å². The molecule has 0 spiro atoms. The molecule has 3 fully saturated rings. The first-order chi connectivity index (χ1) is 50.8. The second kappa shape index (κ2) is 65.7. The van der Waals surface area contributed by atoms with Crippen molar-refractivity contribution in [1.82, 2.24) is 5.32 Å². The molecule has 104 heavy (non-hydrogen) atoms. The van der Waals surface area contributed by atoms with Gasteiger partial charge in [0.2, 0.25) is 5.91 Å². The number of unbranched alkanes of at least 4 members (excludes halogenated alkanes) is 50. The Morgan fingerprint density at radius 2 is 0.635 bits per heavy atom. The van der Waals surface area contributed by atoms with E-state index in [0.29, 0.717) is 6.42 Å². The molecule has 3 aliphatic heterocycles. The molecule has 0 radical (unpaired) electrons. The lowest BCUT2D eigenvalue weighted by atomic mass is 9.96. The Kier molecular flexibility index (Phi) is 60.8. The van der Waals surface area contributed by atoms with Gasteiger partial charge in [-0.3, -0.25) is 4.79 Å². The van der Waals surface area contributed by atoms with Gasteiger partial charge in [-0.25, -0.2) is 0 Å². The molecule has 19 heteroatoms. The normalized spacial score (nSPS) is 26.0. The SMILES string of the molecule is CCCCCCC/C=C\C/C=C\CCCCCCCCCCCCCCCCCCCCCC(=O)NC(COC1OC(CO)C(OC2OC(CO)C(OC3OC(CO)C(O)C(O)C3O)C(O)C2O)C(O)C1O)C(O)/C=C/CCCCCCCCCCCCCCCCCCCCCCCCCCCC. The topological polar surface area (TPSA) is 307 Å². The molecular weight excluding hydrogens is 1320 g/mol. The largest absolute Gasteiger partial charge is 0.394 e. The average Bonchev–Trinajstić information content (AvgIpc) is 0.783. The molecule has 17 atom stereocenters. The Balaban J connectivity index is 1.35. The zero-order valence-corrected chi connectivity index (χ0v) is 65.8. The fourth-order valence-corrected chi connectivity index (χ4v) is 14.8. The number of carbonyl (C=O) groups is 1. The summed E-state index contributed by atoms with van der Waals surface area (Å²) in [4.78, 5) is 13.5. The van der Waals surface area contributed by atoms with Gasteiger partial charge in [0.15, 0.2) is 18.9 Å². The van der Waals surface area contributed by atoms with E-state index in [1.165, 1.54) is 289 Å². The number of carbonyl (C=O) groups excluding carboxylic acids is 1. The minimum atomic E-state index is -1.98. The summed E-state index contributed by atoms with van der Waals surface area (Å²) in [5.41, 5.74) is 0. The molecule has 3 rings (SSSR count). The van der Waals surface area contributed by atoms with Gasteiger partial charge in [0.1, 0.15) is 73.2 Å². The Morgan fingerprint density at radius 1 is 0.346 bits per heavy atom. The molecule has 0 aromatic heterocycles. The maximum absolute atomic E-state index is 13.5. The Hall–Kier alpha value is -1.99. The molecule has 0 bridgehead atoms. The highest BCUT2D eigenvalue weighted by molar-refractivity contribution is 5.76. The third-order valence-corrected chi connectivity index (χ3v) is 21.7. The number of allylic oxidation sites excluding steroid dienone is 5. The van der Waals surface area contributed by atoms with E-state index in [1.807, 2.05) is 6.08 Å². The van der Waals surface area contributed by atoms with Crippen LogP contribution in [0.1, 0.15) is 367 Å². The molecule has 17 unspecified atom stereocenters. The van der Waals surface area contributed by atoms with Crippen LogP contribution in [-0.2, 0) is 33.2 Å². The van der Waals surface area contributed by atoms with Gasteiger partial charge >= 0.3 is 0 Å². The van der Waals surface area contributed by atoms with E-state index < -0.39 is 124 Å². The summed E-state index contributed by atoms with van der Waals surface area (Å²) in [6.07, 6.45) is 55.7. The summed E-state index contributed by atoms with van der Waals surface area (Å²) in [7, 11) is 0. The lowest BCUT2D eigenvalue weighted by molar-refractivity contribution is -0.379. The Bertz CT molecular complexity index is 2020. The number of nitrogens with one attached hydrogen (secondary N) is 1. The highest BCUT2D eigenvalue weighted by Gasteiger charge is 2.54. The van der Waals surface area contributed by atoms with Gasteiger partial charge in [-0.05, 0) is 51.4 Å². The predicted octanol–water partition coefficient (Wildman–Crippen LogP) is 15.5. The van der Waals surface area contributed by atoms with Crippen molar-refractivity contribution in [3.8, 4) is 0 Å². The van der Waals surface area contributed by atoms with Crippen molar-refractivity contribution >= 4 is 5.91 Å². The first-order valence-corrected chi connectivity index (χ1v) is 43.2. The summed E-state index contributed by atoms with van der Waals surface area (Å²) >= 11 is 0. The van der Waals surface area contributed by atoms with Crippen molar-refractivity contribution in [3.05, 3.63) is 36.5 Å². The van der Waals surface area contributed by atoms with Gasteiger partial charge in [0.25, 0.3) is 0 Å². The lowest BCUT2D eigenvalue weighted by Crippen LogP contribution is -2.66. The first-order valence-electron chi connectivity index (χ1n) is 43.2. The van der Waals surface area contributed by atoms with Gasteiger partial charge in [-0.1, -0.05) is 346 Å². The van der Waals surface area contributed by atoms with Crippen LogP contribution in [0.25, 0.3) is 0 Å². The summed E-state index contributed by atoms with van der Waals surface area (Å²) in [6, 6.07) is -0.974. The third kappa shape index (κ3) is 44.8. The molecule has 3 heterocycles. The van der Waals surface area contributed by atoms with Crippen molar-refractivity contribution in [2.75, 3.05) is 26.4 Å². The van der Waals surface area contributed by atoms with Gasteiger partial charge in [-0.15, -0.1) is 0 Å². The van der Waals surface area contributed by atoms with Crippen molar-refractivity contribution in [2.45, 2.75) is 471 Å². The maximum Gasteiger partial charge on any atom is 0.220 e. The third-order valence-electron chi connectivity index (χ3n) is 21.7. The number of hydrogen-bond donors (Lipinski definition) is 12. The average molecular weight is 1480 g/mol. The molecule has 0 aromatic carbocycles. The van der Waals surface area contributed by atoms with E-state index in [0.717, 1.165) is 51.4 Å². The fraction of sp³-hybridized carbons (Fsp3) is 0.918. The molecule has 12 N–H and O–H groups in total. The first kappa shape index (κ1) is 96.2. The second-order valence-electron chi connectivity index (χ2n) is 31.0. The van der Waals surface area contributed by atoms with E-state index in [4.69, 9.17) is 28.4 Å². The molecule has 19 nitrogen and oxygen atoms in total. The van der Waals surface area contributed by atoms with E-state index in [9.17, 15) is 61.0 Å². The van der Waals surface area contributed by atoms with Crippen LogP contribution >= 0.6 is 0 Å². The number of amides is 1. The lowest BCUT2D eigenvalue weighted by Gasteiger charge is -2.48. The van der Waals surface area contributed by atoms with Crippen LogP contribution < -0.4 is 5.32 Å². The fourth-order valence-electron chi connectivity index (χ4n) is 14.8. The maximum atomic E-state index is 13.5. The van der Waals surface area contributed by atoms with Gasteiger partial charge in [-0.2, -0.15) is 0 Å². The highest BCUT2D eigenvalue weighted by Crippen LogP contribution is 2.33. The standard InChI is InChI=1S/C85H159NO18/c1-3-5-7-9-11-13-15-17-19-21-23-25-27-29-31-33-34-35-37-39-41-43-45-47-49-51-53-55-57-59-61-63-73(91)86-68(69(90)62-60-58-56-54-52-50-48-46-44-42-40-38-36-32-30-28-26-24-22-20-18-16-14-12-10-8-6-4-2)67-99-83-79(97)76(94)81(71(65-88)101-83)104-85-80(98)77(95)82(72(66-89)102-85)103-84-78(96)75(93)74(92)70(64-87)100-84/h15,17,21,23,60,62,68-72,74-85,87-90,92-98H,3-14,16,18-20,22,24-59,61,63-67H2,1-2H3,(H,86,91)/b17-15-,23-21-,62-60+. The number of rotatable bonds is 70. The van der Waals surface area contributed by atoms with Crippen LogP contribution in [0, 0.1) is 0 Å². The summed E-state index contributed by atoms with van der Waals surface area (Å²) in [5, 5.41) is 121. The predicted molar refractivity (Wildman–Crippen MR) is 416 cm³/mol. The molecule has 0 aliphatic carbocycles. The Labute approximate surface area is 631 Å². The van der Waals surface area contributed by atoms with Crippen molar-refractivity contribution < 1.29 is 89.4 Å². The van der Waals surface area contributed by atoms with Crippen LogP contribution in [0.5, 0.6) is 0 Å². The minimum Gasteiger partial charge on any atom is -0.394 e. The van der Waals surface area contributed by atoms with Crippen LogP contribution in [0.4, 0.5) is 0 Å². The van der Waals surface area contributed by atoms with Gasteiger partial charge in [0.05, 0.1) is 38.6 Å².